The van der Waals surface area contributed by atoms with Gasteiger partial charge in [0.25, 0.3) is 5.91 Å². The summed E-state index contributed by atoms with van der Waals surface area (Å²) in [6.07, 6.45) is -0.661. The smallest absolute Gasteiger partial charge is 0.412 e. The minimum Gasteiger partial charge on any atom is -0.495 e. The zero-order valence-corrected chi connectivity index (χ0v) is 19.8. The molecule has 2 aromatic rings. The topological polar surface area (TPSA) is 123 Å². The molecule has 0 saturated carbocycles. The molecule has 2 aromatic carbocycles. The molecule has 32 heavy (non-hydrogen) atoms. The first kappa shape index (κ1) is 25.2. The third-order valence-corrected chi connectivity index (χ3v) is 5.59. The van der Waals surface area contributed by atoms with E-state index in [4.69, 9.17) is 9.47 Å². The van der Waals surface area contributed by atoms with Crippen molar-refractivity contribution in [1.82, 2.24) is 4.72 Å². The molecule has 3 N–H and O–H groups in total. The standard InChI is InChI=1S/C22H29N3O6S/c1-14(2)25-32(28,29)17-10-7-15(8-11-17)20(26)23-16-9-12-19(30-6)18(13-16)24-21(27)31-22(3,4)5/h7-14,25H,1-6H3,(H,23,26)(H,24,27). The summed E-state index contributed by atoms with van der Waals surface area (Å²) < 4.78 is 37.4. The van der Waals surface area contributed by atoms with Crippen molar-refractivity contribution < 1.29 is 27.5 Å². The third kappa shape index (κ3) is 7.24. The Morgan fingerprint density at radius 2 is 1.59 bits per heavy atom. The summed E-state index contributed by atoms with van der Waals surface area (Å²) in [6, 6.07) is 10.1. The largest absolute Gasteiger partial charge is 0.495 e. The Hall–Kier alpha value is -3.11. The van der Waals surface area contributed by atoms with Crippen molar-refractivity contribution in [3.8, 4) is 5.75 Å². The Bertz CT molecular complexity index is 1070. The molecule has 0 fully saturated rings. The van der Waals surface area contributed by atoms with Gasteiger partial charge in [-0.15, -0.1) is 0 Å². The van der Waals surface area contributed by atoms with E-state index < -0.39 is 27.6 Å². The van der Waals surface area contributed by atoms with Gasteiger partial charge in [-0.1, -0.05) is 0 Å². The minimum atomic E-state index is -3.65. The molecule has 0 spiro atoms. The van der Waals surface area contributed by atoms with Crippen molar-refractivity contribution in [2.75, 3.05) is 17.7 Å². The molecule has 0 aromatic heterocycles. The van der Waals surface area contributed by atoms with E-state index in [9.17, 15) is 18.0 Å². The first-order valence-corrected chi connectivity index (χ1v) is 11.4. The van der Waals surface area contributed by atoms with E-state index in [-0.39, 0.29) is 16.5 Å². The average Bonchev–Trinajstić information content (AvgIpc) is 2.66. The number of hydrogen-bond acceptors (Lipinski definition) is 6. The van der Waals surface area contributed by atoms with Crippen molar-refractivity contribution in [2.45, 2.75) is 51.2 Å². The maximum atomic E-state index is 12.6. The van der Waals surface area contributed by atoms with Gasteiger partial charge in [-0.25, -0.2) is 17.9 Å². The van der Waals surface area contributed by atoms with Crippen molar-refractivity contribution in [1.29, 1.82) is 0 Å². The van der Waals surface area contributed by atoms with Crippen molar-refractivity contribution in [2.24, 2.45) is 0 Å². The summed E-state index contributed by atoms with van der Waals surface area (Å²) in [5.41, 5.74) is 0.319. The van der Waals surface area contributed by atoms with E-state index in [1.165, 1.54) is 37.4 Å². The van der Waals surface area contributed by atoms with Crippen LogP contribution >= 0.6 is 0 Å². The highest BCUT2D eigenvalue weighted by Gasteiger charge is 2.19. The fourth-order valence-corrected chi connectivity index (χ4v) is 3.92. The number of methoxy groups -OCH3 is 1. The second-order valence-electron chi connectivity index (χ2n) is 8.30. The molecule has 0 aliphatic carbocycles. The maximum absolute atomic E-state index is 12.6. The van der Waals surface area contributed by atoms with Crippen molar-refractivity contribution >= 4 is 33.4 Å². The number of carbonyl (C=O) groups excluding carboxylic acids is 2. The van der Waals surface area contributed by atoms with E-state index >= 15 is 0 Å². The zero-order valence-electron chi connectivity index (χ0n) is 19.0. The summed E-state index contributed by atoms with van der Waals surface area (Å²) in [4.78, 5) is 24.8. The first-order valence-electron chi connectivity index (χ1n) is 9.92. The Morgan fingerprint density at radius 1 is 0.969 bits per heavy atom. The Kier molecular flexibility index (Phi) is 7.87. The lowest BCUT2D eigenvalue weighted by atomic mass is 10.2. The first-order chi connectivity index (χ1) is 14.8. The van der Waals surface area contributed by atoms with Crippen molar-refractivity contribution in [3.63, 3.8) is 0 Å². The quantitative estimate of drug-likeness (QED) is 0.571. The van der Waals surface area contributed by atoms with Crippen LogP contribution in [0.5, 0.6) is 5.75 Å². The third-order valence-electron chi connectivity index (χ3n) is 3.91. The molecular weight excluding hydrogens is 434 g/mol. The van der Waals surface area contributed by atoms with Crippen molar-refractivity contribution in [3.05, 3.63) is 48.0 Å². The highest BCUT2D eigenvalue weighted by Crippen LogP contribution is 2.28. The van der Waals surface area contributed by atoms with Gasteiger partial charge in [-0.3, -0.25) is 10.1 Å². The molecular formula is C22H29N3O6S. The van der Waals surface area contributed by atoms with Gasteiger partial charge in [0.15, 0.2) is 0 Å². The highest BCUT2D eigenvalue weighted by atomic mass is 32.2. The van der Waals surface area contributed by atoms with Crippen LogP contribution in [0.2, 0.25) is 0 Å². The summed E-state index contributed by atoms with van der Waals surface area (Å²) in [7, 11) is -2.19. The van der Waals surface area contributed by atoms with Gasteiger partial charge in [0.05, 0.1) is 17.7 Å². The highest BCUT2D eigenvalue weighted by molar-refractivity contribution is 7.89. The second-order valence-corrected chi connectivity index (χ2v) is 10.0. The van der Waals surface area contributed by atoms with Crippen LogP contribution in [0.1, 0.15) is 45.0 Å². The molecule has 10 heteroatoms. The van der Waals surface area contributed by atoms with E-state index in [0.29, 0.717) is 17.1 Å². The number of anilines is 2. The van der Waals surface area contributed by atoms with Gasteiger partial charge in [0, 0.05) is 17.3 Å². The molecule has 0 bridgehead atoms. The van der Waals surface area contributed by atoms with Gasteiger partial charge in [-0.05, 0) is 77.1 Å². The van der Waals surface area contributed by atoms with Gasteiger partial charge in [0.2, 0.25) is 10.0 Å². The Labute approximate surface area is 188 Å². The lowest BCUT2D eigenvalue weighted by Gasteiger charge is -2.20. The number of hydrogen-bond donors (Lipinski definition) is 3. The van der Waals surface area contributed by atoms with Crippen LogP contribution in [-0.4, -0.2) is 39.2 Å². The molecule has 0 atom stereocenters. The van der Waals surface area contributed by atoms with Crippen LogP contribution in [0.15, 0.2) is 47.4 Å². The van der Waals surface area contributed by atoms with Crippen LogP contribution in [0.25, 0.3) is 0 Å². The maximum Gasteiger partial charge on any atom is 0.412 e. The molecule has 2 rings (SSSR count). The van der Waals surface area contributed by atoms with Gasteiger partial charge < -0.3 is 14.8 Å². The zero-order chi connectivity index (χ0) is 24.1. The Morgan fingerprint density at radius 3 is 2.12 bits per heavy atom. The minimum absolute atomic E-state index is 0.0658. The molecule has 0 radical (unpaired) electrons. The fraction of sp³-hybridized carbons (Fsp3) is 0.364. The van der Waals surface area contributed by atoms with E-state index in [2.05, 4.69) is 15.4 Å². The van der Waals surface area contributed by atoms with Crippen LogP contribution in [0.3, 0.4) is 0 Å². The summed E-state index contributed by atoms with van der Waals surface area (Å²) >= 11 is 0. The van der Waals surface area contributed by atoms with Gasteiger partial charge in [0.1, 0.15) is 11.4 Å². The average molecular weight is 464 g/mol. The number of rotatable bonds is 7. The summed E-state index contributed by atoms with van der Waals surface area (Å²) in [6.45, 7) is 8.68. The number of sulfonamides is 1. The molecule has 174 valence electrons. The normalized spacial score (nSPS) is 11.7. The fourth-order valence-electron chi connectivity index (χ4n) is 2.66. The number of ether oxygens (including phenoxy) is 2. The molecule has 0 saturated heterocycles. The van der Waals surface area contributed by atoms with E-state index in [1.54, 1.807) is 46.8 Å². The monoisotopic (exact) mass is 463 g/mol. The summed E-state index contributed by atoms with van der Waals surface area (Å²) in [5, 5.41) is 5.31. The lowest BCUT2D eigenvalue weighted by molar-refractivity contribution is 0.0635. The summed E-state index contributed by atoms with van der Waals surface area (Å²) in [5.74, 6) is -0.0554. The van der Waals surface area contributed by atoms with E-state index in [0.717, 1.165) is 0 Å². The molecule has 0 aliphatic rings. The molecule has 0 aliphatic heterocycles. The molecule has 0 heterocycles. The predicted molar refractivity (Wildman–Crippen MR) is 123 cm³/mol. The SMILES string of the molecule is COc1ccc(NC(=O)c2ccc(S(=O)(=O)NC(C)C)cc2)cc1NC(=O)OC(C)(C)C. The van der Waals surface area contributed by atoms with Crippen LogP contribution < -0.4 is 20.1 Å². The molecule has 2 amide bonds. The van der Waals surface area contributed by atoms with Crippen LogP contribution in [0.4, 0.5) is 16.2 Å². The number of carbonyl (C=O) groups is 2. The van der Waals surface area contributed by atoms with Crippen LogP contribution in [0, 0.1) is 0 Å². The second kappa shape index (κ2) is 10.0. The van der Waals surface area contributed by atoms with Crippen LogP contribution in [-0.2, 0) is 14.8 Å². The van der Waals surface area contributed by atoms with E-state index in [1.807, 2.05) is 0 Å². The number of amides is 2. The lowest BCUT2D eigenvalue weighted by Crippen LogP contribution is -2.30. The molecule has 0 unspecified atom stereocenters. The number of benzene rings is 2. The molecule has 9 nitrogen and oxygen atoms in total. The van der Waals surface area contributed by atoms with Gasteiger partial charge >= 0.3 is 6.09 Å². The predicted octanol–water partition coefficient (Wildman–Crippen LogP) is 3.98. The number of nitrogens with one attached hydrogen (secondary N) is 3. The van der Waals surface area contributed by atoms with Gasteiger partial charge in [-0.2, -0.15) is 0 Å². The Balaban J connectivity index is 2.16.